The zero-order valence-electron chi connectivity index (χ0n) is 10.6. The third-order valence-corrected chi connectivity index (χ3v) is 3.18. The molecule has 0 aliphatic heterocycles. The second-order valence-electron chi connectivity index (χ2n) is 3.87. The van der Waals surface area contributed by atoms with Gasteiger partial charge in [0, 0.05) is 18.7 Å². The maximum Gasteiger partial charge on any atom is 0.209 e. The zero-order chi connectivity index (χ0) is 13.6. The van der Waals surface area contributed by atoms with Crippen molar-refractivity contribution in [1.82, 2.24) is 9.97 Å². The molecule has 0 saturated carbocycles. The van der Waals surface area contributed by atoms with Crippen molar-refractivity contribution in [2.75, 3.05) is 29.5 Å². The number of hydrogen-bond donors (Lipinski definition) is 3. The van der Waals surface area contributed by atoms with Crippen LogP contribution in [0.4, 0.5) is 11.6 Å². The van der Waals surface area contributed by atoms with Crippen molar-refractivity contribution in [2.24, 2.45) is 5.14 Å². The Hall–Kier alpha value is -1.41. The van der Waals surface area contributed by atoms with E-state index in [1.165, 1.54) is 6.33 Å². The summed E-state index contributed by atoms with van der Waals surface area (Å²) in [6, 6.07) is 0. The molecule has 0 spiro atoms. The van der Waals surface area contributed by atoms with Crippen molar-refractivity contribution in [3.8, 4) is 0 Å². The molecule has 1 heterocycles. The maximum atomic E-state index is 10.8. The number of anilines is 2. The van der Waals surface area contributed by atoms with Crippen LogP contribution in [-0.4, -0.2) is 37.2 Å². The topological polar surface area (TPSA) is 110 Å². The van der Waals surface area contributed by atoms with Gasteiger partial charge in [-0.2, -0.15) is 0 Å². The van der Waals surface area contributed by atoms with Gasteiger partial charge in [-0.15, -0.1) is 0 Å². The van der Waals surface area contributed by atoms with Gasteiger partial charge in [0.2, 0.25) is 10.0 Å². The predicted molar refractivity (Wildman–Crippen MR) is 72.0 cm³/mol. The number of hydrogen-bond acceptors (Lipinski definition) is 6. The van der Waals surface area contributed by atoms with Crippen LogP contribution in [0.1, 0.15) is 18.9 Å². The molecule has 0 aromatic carbocycles. The van der Waals surface area contributed by atoms with Crippen LogP contribution in [0.25, 0.3) is 0 Å². The van der Waals surface area contributed by atoms with Crippen LogP contribution < -0.4 is 15.8 Å². The highest BCUT2D eigenvalue weighted by atomic mass is 32.2. The predicted octanol–water partition coefficient (Wildman–Crippen LogP) is 0.307. The Morgan fingerprint density at radius 1 is 1.28 bits per heavy atom. The third-order valence-electron chi connectivity index (χ3n) is 2.33. The first kappa shape index (κ1) is 14.7. The molecule has 0 aliphatic rings. The van der Waals surface area contributed by atoms with E-state index in [-0.39, 0.29) is 5.75 Å². The zero-order valence-corrected chi connectivity index (χ0v) is 11.4. The molecule has 0 aliphatic carbocycles. The summed E-state index contributed by atoms with van der Waals surface area (Å²) in [6.45, 7) is 5.17. The molecular weight excluding hydrogens is 254 g/mol. The van der Waals surface area contributed by atoms with Crippen LogP contribution in [0.5, 0.6) is 0 Å². The van der Waals surface area contributed by atoms with Crippen molar-refractivity contribution in [1.29, 1.82) is 0 Å². The Labute approximate surface area is 107 Å². The smallest absolute Gasteiger partial charge is 0.209 e. The fourth-order valence-corrected chi connectivity index (χ4v) is 2.00. The first-order chi connectivity index (χ1) is 8.44. The van der Waals surface area contributed by atoms with Gasteiger partial charge < -0.3 is 10.6 Å². The quantitative estimate of drug-likeness (QED) is 0.617. The van der Waals surface area contributed by atoms with E-state index >= 15 is 0 Å². The van der Waals surface area contributed by atoms with Crippen LogP contribution in [0.15, 0.2) is 6.33 Å². The van der Waals surface area contributed by atoms with Gasteiger partial charge in [0.25, 0.3) is 0 Å². The summed E-state index contributed by atoms with van der Waals surface area (Å²) >= 11 is 0. The van der Waals surface area contributed by atoms with Crippen molar-refractivity contribution in [3.63, 3.8) is 0 Å². The summed E-state index contributed by atoms with van der Waals surface area (Å²) in [5, 5.41) is 11.1. The molecule has 18 heavy (non-hydrogen) atoms. The van der Waals surface area contributed by atoms with E-state index < -0.39 is 10.0 Å². The van der Waals surface area contributed by atoms with Gasteiger partial charge in [-0.3, -0.25) is 0 Å². The lowest BCUT2D eigenvalue weighted by Gasteiger charge is -2.11. The van der Waals surface area contributed by atoms with E-state index in [9.17, 15) is 8.42 Å². The minimum atomic E-state index is -3.39. The van der Waals surface area contributed by atoms with Crippen LogP contribution in [0, 0.1) is 6.92 Å². The molecule has 1 aromatic rings. The first-order valence-corrected chi connectivity index (χ1v) is 7.45. The Bertz CT molecular complexity index is 489. The average molecular weight is 273 g/mol. The highest BCUT2D eigenvalue weighted by molar-refractivity contribution is 7.89. The Morgan fingerprint density at radius 2 is 1.89 bits per heavy atom. The minimum Gasteiger partial charge on any atom is -0.370 e. The van der Waals surface area contributed by atoms with E-state index in [0.717, 1.165) is 17.9 Å². The monoisotopic (exact) mass is 273 g/mol. The summed E-state index contributed by atoms with van der Waals surface area (Å²) in [6.07, 6.45) is 1.91. The highest BCUT2D eigenvalue weighted by Crippen LogP contribution is 2.17. The number of rotatable bonds is 7. The lowest BCUT2D eigenvalue weighted by atomic mass is 10.3. The number of sulfonamides is 1. The molecular formula is C10H19N5O2S. The Balaban J connectivity index is 2.55. The van der Waals surface area contributed by atoms with Gasteiger partial charge in [-0.05, 0) is 20.3 Å². The SMILES string of the molecule is CCNc1ncnc(NCCCS(N)(=O)=O)c1C. The number of nitrogens with zero attached hydrogens (tertiary/aromatic N) is 2. The van der Waals surface area contributed by atoms with Crippen LogP contribution in [0.3, 0.4) is 0 Å². The molecule has 7 nitrogen and oxygen atoms in total. The van der Waals surface area contributed by atoms with Gasteiger partial charge >= 0.3 is 0 Å². The molecule has 0 unspecified atom stereocenters. The highest BCUT2D eigenvalue weighted by Gasteiger charge is 2.06. The molecule has 4 N–H and O–H groups in total. The fourth-order valence-electron chi connectivity index (χ4n) is 1.45. The molecule has 0 saturated heterocycles. The van der Waals surface area contributed by atoms with E-state index in [2.05, 4.69) is 20.6 Å². The summed E-state index contributed by atoms with van der Waals surface area (Å²) in [4.78, 5) is 8.23. The lowest BCUT2D eigenvalue weighted by molar-refractivity contribution is 0.595. The lowest BCUT2D eigenvalue weighted by Crippen LogP contribution is -2.19. The van der Waals surface area contributed by atoms with Crippen molar-refractivity contribution in [3.05, 3.63) is 11.9 Å². The Kier molecular flexibility index (Phi) is 5.29. The van der Waals surface area contributed by atoms with E-state index in [1.807, 2.05) is 13.8 Å². The molecule has 0 fully saturated rings. The van der Waals surface area contributed by atoms with E-state index in [1.54, 1.807) is 0 Å². The molecule has 0 radical (unpaired) electrons. The second-order valence-corrected chi connectivity index (χ2v) is 5.61. The molecule has 0 atom stereocenters. The van der Waals surface area contributed by atoms with Crippen molar-refractivity contribution < 1.29 is 8.42 Å². The minimum absolute atomic E-state index is 0.0375. The largest absolute Gasteiger partial charge is 0.370 e. The molecule has 0 bridgehead atoms. The molecule has 102 valence electrons. The van der Waals surface area contributed by atoms with Crippen molar-refractivity contribution >= 4 is 21.7 Å². The maximum absolute atomic E-state index is 10.8. The molecule has 1 rings (SSSR count). The van der Waals surface area contributed by atoms with E-state index in [0.29, 0.717) is 18.8 Å². The average Bonchev–Trinajstić information content (AvgIpc) is 2.28. The summed E-state index contributed by atoms with van der Waals surface area (Å²) < 4.78 is 21.5. The standard InChI is InChI=1S/C10H19N5O2S/c1-3-12-9-8(2)10(15-7-14-9)13-5-4-6-18(11,16)17/h7H,3-6H2,1-2H3,(H2,11,16,17)(H2,12,13,14,15). The Morgan fingerprint density at radius 3 is 2.44 bits per heavy atom. The van der Waals surface area contributed by atoms with Crippen molar-refractivity contribution in [2.45, 2.75) is 20.3 Å². The van der Waals surface area contributed by atoms with Gasteiger partial charge in [0.05, 0.1) is 5.75 Å². The fraction of sp³-hybridized carbons (Fsp3) is 0.600. The second kappa shape index (κ2) is 6.50. The van der Waals surface area contributed by atoms with Crippen LogP contribution in [-0.2, 0) is 10.0 Å². The number of nitrogens with two attached hydrogens (primary N) is 1. The number of primary sulfonamides is 1. The molecule has 8 heteroatoms. The van der Waals surface area contributed by atoms with Gasteiger partial charge in [0.1, 0.15) is 18.0 Å². The van der Waals surface area contributed by atoms with Gasteiger partial charge in [0.15, 0.2) is 0 Å². The molecule has 0 amide bonds. The number of nitrogens with one attached hydrogen (secondary N) is 2. The number of aromatic nitrogens is 2. The summed E-state index contributed by atoms with van der Waals surface area (Å²) in [5.41, 5.74) is 0.912. The first-order valence-electron chi connectivity index (χ1n) is 5.74. The van der Waals surface area contributed by atoms with Gasteiger partial charge in [-0.1, -0.05) is 0 Å². The summed E-state index contributed by atoms with van der Waals surface area (Å²) in [7, 11) is -3.39. The summed E-state index contributed by atoms with van der Waals surface area (Å²) in [5.74, 6) is 1.45. The van der Waals surface area contributed by atoms with Crippen LogP contribution >= 0.6 is 0 Å². The third kappa shape index (κ3) is 4.84. The normalized spacial score (nSPS) is 11.3. The van der Waals surface area contributed by atoms with Crippen LogP contribution in [0.2, 0.25) is 0 Å². The molecule has 1 aromatic heterocycles. The van der Waals surface area contributed by atoms with Gasteiger partial charge in [-0.25, -0.2) is 23.5 Å². The van der Waals surface area contributed by atoms with E-state index in [4.69, 9.17) is 5.14 Å².